The number of hydrogen-bond acceptors (Lipinski definition) is 19. The molecule has 4 unspecified atom stereocenters. The maximum absolute atomic E-state index is 13.0. The average molecular weight is 954 g/mol. The fourth-order valence-corrected chi connectivity index (χ4v) is 6.82. The molecule has 0 fully saturated rings. The van der Waals surface area contributed by atoms with Gasteiger partial charge in [-0.05, 0) is 46.9 Å². The number of ether oxygens (including phenoxy) is 8. The van der Waals surface area contributed by atoms with E-state index in [1.165, 1.54) is 0 Å². The minimum Gasteiger partial charge on any atom is -0.462 e. The van der Waals surface area contributed by atoms with Crippen LogP contribution in [0.25, 0.3) is 11.1 Å². The van der Waals surface area contributed by atoms with Crippen molar-refractivity contribution in [2.75, 3.05) is 99.1 Å². The monoisotopic (exact) mass is 954 g/mol. The third kappa shape index (κ3) is 24.5. The first-order valence-corrected chi connectivity index (χ1v) is 22.6. The molecule has 2 aromatic carbocycles. The lowest BCUT2D eigenvalue weighted by molar-refractivity contribution is -0.141. The number of rotatable bonds is 38. The largest absolute Gasteiger partial charge is 0.462 e. The maximum Gasteiger partial charge on any atom is 0.338 e. The first kappa shape index (κ1) is 57.8. The van der Waals surface area contributed by atoms with E-state index in [4.69, 9.17) is 37.9 Å². The van der Waals surface area contributed by atoms with Gasteiger partial charge < -0.3 is 78.7 Å². The predicted octanol–water partition coefficient (Wildman–Crippen LogP) is 0.770. The van der Waals surface area contributed by atoms with Crippen LogP contribution < -0.4 is 0 Å². The first-order chi connectivity index (χ1) is 32.0. The van der Waals surface area contributed by atoms with E-state index in [0.29, 0.717) is 17.8 Å². The minimum absolute atomic E-state index is 0.000261. The summed E-state index contributed by atoms with van der Waals surface area (Å²) >= 11 is 0. The SMILES string of the molecule is CC(C)(CCn1cc(COC(COC(COCC(O)CO)COCC(O)CO)COC(COCC(O)CO)COCC(O)CO)nn1)CC(C)(C)COC(=O)c1ccc(-c2ccccc2)cc1. The Morgan fingerprint density at radius 2 is 1.03 bits per heavy atom. The van der Waals surface area contributed by atoms with E-state index in [1.807, 2.05) is 42.5 Å². The molecule has 8 N–H and O–H groups in total. The van der Waals surface area contributed by atoms with Gasteiger partial charge in [0.25, 0.3) is 0 Å². The van der Waals surface area contributed by atoms with Crippen molar-refractivity contribution in [3.8, 4) is 11.1 Å². The molecule has 1 heterocycles. The van der Waals surface area contributed by atoms with Gasteiger partial charge in [0.1, 0.15) is 48.4 Å². The van der Waals surface area contributed by atoms with Gasteiger partial charge in [-0.25, -0.2) is 4.79 Å². The molecule has 0 spiro atoms. The third-order valence-corrected chi connectivity index (χ3v) is 10.2. The van der Waals surface area contributed by atoms with Crippen LogP contribution in [0, 0.1) is 10.8 Å². The van der Waals surface area contributed by atoms with Crippen molar-refractivity contribution in [3.05, 3.63) is 72.1 Å². The number of aryl methyl sites for hydroxylation is 1. The van der Waals surface area contributed by atoms with E-state index in [2.05, 4.69) is 38.0 Å². The summed E-state index contributed by atoms with van der Waals surface area (Å²) in [4.78, 5) is 13.0. The highest BCUT2D eigenvalue weighted by Crippen LogP contribution is 2.37. The number of hydrogen-bond donors (Lipinski definition) is 8. The molecule has 380 valence electrons. The molecular formula is C47H75N3O17. The smallest absolute Gasteiger partial charge is 0.338 e. The van der Waals surface area contributed by atoms with Crippen molar-refractivity contribution >= 4 is 5.97 Å². The van der Waals surface area contributed by atoms with E-state index in [0.717, 1.165) is 24.0 Å². The van der Waals surface area contributed by atoms with Crippen LogP contribution in [-0.2, 0) is 51.0 Å². The molecule has 0 aliphatic carbocycles. The minimum atomic E-state index is -1.11. The quantitative estimate of drug-likeness (QED) is 0.0368. The fourth-order valence-electron chi connectivity index (χ4n) is 6.82. The zero-order valence-electron chi connectivity index (χ0n) is 39.3. The molecule has 1 aromatic heterocycles. The molecule has 20 nitrogen and oxygen atoms in total. The Morgan fingerprint density at radius 3 is 1.49 bits per heavy atom. The molecule has 0 aliphatic heterocycles. The van der Waals surface area contributed by atoms with Gasteiger partial charge in [0.05, 0.1) is 117 Å². The lowest BCUT2D eigenvalue weighted by Crippen LogP contribution is -2.37. The summed E-state index contributed by atoms with van der Waals surface area (Å²) in [5.74, 6) is -0.371. The predicted molar refractivity (Wildman–Crippen MR) is 243 cm³/mol. The molecule has 0 bridgehead atoms. The van der Waals surface area contributed by atoms with Gasteiger partial charge in [-0.3, -0.25) is 4.68 Å². The van der Waals surface area contributed by atoms with Crippen molar-refractivity contribution in [1.82, 2.24) is 15.0 Å². The molecule has 0 aliphatic rings. The van der Waals surface area contributed by atoms with Gasteiger partial charge in [-0.1, -0.05) is 75.4 Å². The highest BCUT2D eigenvalue weighted by atomic mass is 16.6. The third-order valence-electron chi connectivity index (χ3n) is 10.2. The second-order valence-electron chi connectivity index (χ2n) is 18.1. The topological polar surface area (TPSA) is 283 Å². The van der Waals surface area contributed by atoms with E-state index >= 15 is 0 Å². The van der Waals surface area contributed by atoms with Gasteiger partial charge in [0.15, 0.2) is 0 Å². The molecule has 3 aromatic rings. The number of aliphatic hydroxyl groups is 8. The van der Waals surface area contributed by atoms with Gasteiger partial charge in [0.2, 0.25) is 0 Å². The van der Waals surface area contributed by atoms with Gasteiger partial charge in [-0.15, -0.1) is 5.10 Å². The molecular weight excluding hydrogens is 879 g/mol. The molecule has 0 saturated heterocycles. The second-order valence-corrected chi connectivity index (χ2v) is 18.1. The van der Waals surface area contributed by atoms with Crippen LogP contribution in [0.15, 0.2) is 60.8 Å². The van der Waals surface area contributed by atoms with Crippen molar-refractivity contribution in [1.29, 1.82) is 0 Å². The number of aliphatic hydroxyl groups excluding tert-OH is 8. The summed E-state index contributed by atoms with van der Waals surface area (Å²) in [7, 11) is 0. The molecule has 0 saturated carbocycles. The highest BCUT2D eigenvalue weighted by molar-refractivity contribution is 5.90. The number of carbonyl (C=O) groups excluding carboxylic acids is 1. The standard InChI is InChI=1S/C47H75N3O17/c1-46(2,32-47(3,4)33-67-45(59)36-12-10-35(11-13-36)34-8-6-5-7-9-34)14-15-50-16-37(48-49-50)21-64-44(30-65-42(26-60-22-38(55)17-51)27-61-23-39(56)18-52)31-66-43(28-62-24-40(57)19-53)29-63-25-41(58)20-54/h5-13,16,38-44,51-58H,14-15,17-33H2,1-4H3. The summed E-state index contributed by atoms with van der Waals surface area (Å²) in [6, 6.07) is 17.3. The van der Waals surface area contributed by atoms with Crippen molar-refractivity contribution in [2.24, 2.45) is 10.8 Å². The molecule has 0 amide bonds. The molecule has 0 radical (unpaired) electrons. The van der Waals surface area contributed by atoms with Crippen molar-refractivity contribution in [3.63, 3.8) is 0 Å². The number of aromatic nitrogens is 3. The van der Waals surface area contributed by atoms with E-state index < -0.39 is 69.2 Å². The summed E-state index contributed by atoms with van der Waals surface area (Å²) in [5.41, 5.74) is 2.61. The molecule has 4 atom stereocenters. The van der Waals surface area contributed by atoms with E-state index in [-0.39, 0.29) is 96.1 Å². The lowest BCUT2D eigenvalue weighted by atomic mass is 9.74. The zero-order valence-corrected chi connectivity index (χ0v) is 39.3. The Hall–Kier alpha value is -3.55. The van der Waals surface area contributed by atoms with Crippen molar-refractivity contribution in [2.45, 2.75) is 96.4 Å². The normalized spacial score (nSPS) is 15.5. The molecule has 67 heavy (non-hydrogen) atoms. The Labute approximate surface area is 393 Å². The van der Waals surface area contributed by atoms with Gasteiger partial charge in [0, 0.05) is 6.54 Å². The maximum atomic E-state index is 13.0. The van der Waals surface area contributed by atoms with Crippen LogP contribution in [-0.4, -0.2) is 204 Å². The Morgan fingerprint density at radius 1 is 0.582 bits per heavy atom. The lowest BCUT2D eigenvalue weighted by Gasteiger charge is -2.34. The molecule has 3 rings (SSSR count). The fraction of sp³-hybridized carbons (Fsp3) is 0.681. The number of benzene rings is 2. The van der Waals surface area contributed by atoms with Crippen LogP contribution in [0.2, 0.25) is 0 Å². The number of esters is 1. The number of carbonyl (C=O) groups is 1. The van der Waals surface area contributed by atoms with E-state index in [9.17, 15) is 45.6 Å². The van der Waals surface area contributed by atoms with Crippen LogP contribution in [0.5, 0.6) is 0 Å². The average Bonchev–Trinajstić information content (AvgIpc) is 3.79. The Bertz CT molecular complexity index is 1660. The Balaban J connectivity index is 1.62. The molecule has 20 heteroatoms. The number of nitrogens with zero attached hydrogens (tertiary/aromatic N) is 3. The summed E-state index contributed by atoms with van der Waals surface area (Å²) < 4.78 is 48.0. The summed E-state index contributed by atoms with van der Waals surface area (Å²) in [6.07, 6.45) is -3.43. The van der Waals surface area contributed by atoms with Crippen LogP contribution in [0.4, 0.5) is 0 Å². The summed E-state index contributed by atoms with van der Waals surface area (Å²) in [5, 5.41) is 84.4. The van der Waals surface area contributed by atoms with Gasteiger partial charge >= 0.3 is 5.97 Å². The van der Waals surface area contributed by atoms with Crippen LogP contribution in [0.1, 0.15) is 56.6 Å². The van der Waals surface area contributed by atoms with Gasteiger partial charge in [-0.2, -0.15) is 0 Å². The second kappa shape index (κ2) is 31.6. The van der Waals surface area contributed by atoms with Crippen LogP contribution >= 0.6 is 0 Å². The van der Waals surface area contributed by atoms with Crippen molar-refractivity contribution < 1.29 is 83.5 Å². The van der Waals surface area contributed by atoms with E-state index in [1.54, 1.807) is 23.0 Å². The summed E-state index contributed by atoms with van der Waals surface area (Å²) in [6.45, 7) is 6.09. The first-order valence-electron chi connectivity index (χ1n) is 22.6. The Kier molecular flexibility index (Phi) is 27.2. The van der Waals surface area contributed by atoms with Crippen LogP contribution in [0.3, 0.4) is 0 Å². The zero-order chi connectivity index (χ0) is 49.1. The highest BCUT2D eigenvalue weighted by Gasteiger charge is 2.31.